The number of ether oxygens (including phenoxy) is 1. The van der Waals surface area contributed by atoms with E-state index < -0.39 is 5.82 Å². The van der Waals surface area contributed by atoms with Gasteiger partial charge >= 0.3 is 0 Å². The zero-order valence-corrected chi connectivity index (χ0v) is 10.3. The summed E-state index contributed by atoms with van der Waals surface area (Å²) in [6.07, 6.45) is 1.59. The van der Waals surface area contributed by atoms with Gasteiger partial charge in [-0.05, 0) is 46.3 Å². The van der Waals surface area contributed by atoms with Crippen molar-refractivity contribution in [3.8, 4) is 11.6 Å². The Hall–Kier alpha value is -1.13. The van der Waals surface area contributed by atoms with Crippen molar-refractivity contribution in [1.82, 2.24) is 4.98 Å². The van der Waals surface area contributed by atoms with Crippen molar-refractivity contribution >= 4 is 27.5 Å². The van der Waals surface area contributed by atoms with E-state index in [0.717, 1.165) is 0 Å². The number of hydrogen-bond donors (Lipinski definition) is 0. The van der Waals surface area contributed by atoms with Crippen LogP contribution in [0.15, 0.2) is 41.0 Å². The Labute approximate surface area is 105 Å². The van der Waals surface area contributed by atoms with Crippen molar-refractivity contribution in [3.05, 3.63) is 51.8 Å². The highest BCUT2D eigenvalue weighted by atomic mass is 79.9. The minimum absolute atomic E-state index is 0.206. The van der Waals surface area contributed by atoms with E-state index >= 15 is 0 Å². The number of hydrogen-bond acceptors (Lipinski definition) is 2. The molecule has 0 fully saturated rings. The molecule has 1 heterocycles. The largest absolute Gasteiger partial charge is 0.436 e. The summed E-state index contributed by atoms with van der Waals surface area (Å²) in [5.41, 5.74) is 0. The van der Waals surface area contributed by atoms with E-state index in [1.807, 2.05) is 0 Å². The Morgan fingerprint density at radius 2 is 2.12 bits per heavy atom. The lowest BCUT2D eigenvalue weighted by Gasteiger charge is -2.07. The lowest BCUT2D eigenvalue weighted by atomic mass is 10.3. The third kappa shape index (κ3) is 2.51. The zero-order valence-electron chi connectivity index (χ0n) is 7.95. The molecule has 82 valence electrons. The number of nitrogens with zero attached hydrogens (tertiary/aromatic N) is 1. The van der Waals surface area contributed by atoms with Crippen molar-refractivity contribution < 1.29 is 9.13 Å². The fourth-order valence-corrected chi connectivity index (χ4v) is 1.65. The molecule has 0 saturated heterocycles. The molecule has 0 aliphatic carbocycles. The second-order valence-corrected chi connectivity index (χ2v) is 4.23. The third-order valence-electron chi connectivity index (χ3n) is 1.83. The maximum absolute atomic E-state index is 12.8. The van der Waals surface area contributed by atoms with Crippen LogP contribution in [-0.4, -0.2) is 4.98 Å². The van der Waals surface area contributed by atoms with Crippen LogP contribution in [0.4, 0.5) is 4.39 Å². The van der Waals surface area contributed by atoms with Crippen LogP contribution in [-0.2, 0) is 0 Å². The molecule has 16 heavy (non-hydrogen) atoms. The molecular formula is C11H6BrClFNO. The van der Waals surface area contributed by atoms with Gasteiger partial charge in [-0.1, -0.05) is 11.6 Å². The Bertz CT molecular complexity index is 521. The van der Waals surface area contributed by atoms with Crippen molar-refractivity contribution in [2.75, 3.05) is 0 Å². The van der Waals surface area contributed by atoms with Gasteiger partial charge < -0.3 is 4.74 Å². The van der Waals surface area contributed by atoms with E-state index in [9.17, 15) is 4.39 Å². The Morgan fingerprint density at radius 1 is 1.31 bits per heavy atom. The van der Waals surface area contributed by atoms with E-state index in [1.165, 1.54) is 18.2 Å². The van der Waals surface area contributed by atoms with Gasteiger partial charge in [0.25, 0.3) is 0 Å². The van der Waals surface area contributed by atoms with Gasteiger partial charge in [-0.2, -0.15) is 0 Å². The van der Waals surface area contributed by atoms with E-state index in [0.29, 0.717) is 16.1 Å². The fraction of sp³-hybridized carbons (Fsp3) is 0. The van der Waals surface area contributed by atoms with Gasteiger partial charge in [0.15, 0.2) is 0 Å². The predicted octanol–water partition coefficient (Wildman–Crippen LogP) is 4.43. The number of aromatic nitrogens is 1. The molecule has 0 unspecified atom stereocenters. The smallest absolute Gasteiger partial charge is 0.233 e. The maximum atomic E-state index is 12.8. The quantitative estimate of drug-likeness (QED) is 0.819. The van der Waals surface area contributed by atoms with E-state index in [2.05, 4.69) is 20.9 Å². The first kappa shape index (κ1) is 11.4. The molecule has 5 heteroatoms. The molecule has 1 aromatic heterocycles. The Balaban J connectivity index is 2.31. The van der Waals surface area contributed by atoms with Gasteiger partial charge in [0.1, 0.15) is 11.6 Å². The van der Waals surface area contributed by atoms with Crippen LogP contribution in [0, 0.1) is 5.82 Å². The summed E-state index contributed by atoms with van der Waals surface area (Å²) in [4.78, 5) is 4.02. The molecule has 1 aromatic carbocycles. The molecular weight excluding hydrogens is 296 g/mol. The molecule has 0 N–H and O–H groups in total. The summed E-state index contributed by atoms with van der Waals surface area (Å²) < 4.78 is 18.9. The monoisotopic (exact) mass is 301 g/mol. The first-order chi connectivity index (χ1) is 7.66. The Kier molecular flexibility index (Phi) is 3.41. The van der Waals surface area contributed by atoms with Crippen molar-refractivity contribution in [1.29, 1.82) is 0 Å². The minimum Gasteiger partial charge on any atom is -0.436 e. The summed E-state index contributed by atoms with van der Waals surface area (Å²) in [6.45, 7) is 0. The van der Waals surface area contributed by atoms with Crippen LogP contribution < -0.4 is 4.74 Å². The average Bonchev–Trinajstić information content (AvgIpc) is 2.25. The van der Waals surface area contributed by atoms with Gasteiger partial charge in [-0.25, -0.2) is 9.37 Å². The molecule has 0 aliphatic heterocycles. The van der Waals surface area contributed by atoms with E-state index in [-0.39, 0.29) is 5.02 Å². The molecule has 2 aromatic rings. The number of pyridine rings is 1. The molecule has 0 amide bonds. The molecule has 0 spiro atoms. The summed E-state index contributed by atoms with van der Waals surface area (Å²) in [6, 6.07) is 7.48. The van der Waals surface area contributed by atoms with Gasteiger partial charge in [0.05, 0.1) is 9.50 Å². The van der Waals surface area contributed by atoms with Crippen LogP contribution in [0.1, 0.15) is 0 Å². The van der Waals surface area contributed by atoms with Crippen LogP contribution in [0.5, 0.6) is 11.6 Å². The summed E-state index contributed by atoms with van der Waals surface area (Å²) in [5, 5.41) is 0.206. The molecule has 0 saturated carbocycles. The molecule has 2 rings (SSSR count). The number of rotatable bonds is 2. The lowest BCUT2D eigenvalue weighted by molar-refractivity contribution is 0.458. The third-order valence-corrected chi connectivity index (χ3v) is 2.72. The number of halogens is 3. The first-order valence-electron chi connectivity index (χ1n) is 4.40. The topological polar surface area (TPSA) is 22.1 Å². The van der Waals surface area contributed by atoms with Crippen molar-refractivity contribution in [3.63, 3.8) is 0 Å². The highest BCUT2D eigenvalue weighted by molar-refractivity contribution is 9.10. The van der Waals surface area contributed by atoms with E-state index in [1.54, 1.807) is 18.3 Å². The molecule has 0 bridgehead atoms. The van der Waals surface area contributed by atoms with Crippen LogP contribution in [0.25, 0.3) is 0 Å². The summed E-state index contributed by atoms with van der Waals surface area (Å²) in [7, 11) is 0. The highest BCUT2D eigenvalue weighted by Gasteiger charge is 2.07. The summed E-state index contributed by atoms with van der Waals surface area (Å²) >= 11 is 9.11. The average molecular weight is 303 g/mol. The fourth-order valence-electron chi connectivity index (χ4n) is 1.11. The molecule has 0 aliphatic rings. The summed E-state index contributed by atoms with van der Waals surface area (Å²) in [5.74, 6) is 0.343. The van der Waals surface area contributed by atoms with Gasteiger partial charge in [0, 0.05) is 6.20 Å². The zero-order chi connectivity index (χ0) is 11.5. The van der Waals surface area contributed by atoms with E-state index in [4.69, 9.17) is 16.3 Å². The predicted molar refractivity (Wildman–Crippen MR) is 63.4 cm³/mol. The maximum Gasteiger partial charge on any atom is 0.233 e. The Morgan fingerprint density at radius 3 is 2.81 bits per heavy atom. The van der Waals surface area contributed by atoms with Crippen LogP contribution >= 0.6 is 27.5 Å². The molecule has 0 atom stereocenters. The lowest BCUT2D eigenvalue weighted by Crippen LogP contribution is -1.89. The van der Waals surface area contributed by atoms with Gasteiger partial charge in [-0.15, -0.1) is 0 Å². The van der Waals surface area contributed by atoms with Crippen LogP contribution in [0.2, 0.25) is 5.02 Å². The first-order valence-corrected chi connectivity index (χ1v) is 5.57. The highest BCUT2D eigenvalue weighted by Crippen LogP contribution is 2.32. The minimum atomic E-state index is -0.405. The SMILES string of the molecule is Fc1ccc(Oc2ncccc2Br)c(Cl)c1. The second kappa shape index (κ2) is 4.80. The molecule has 0 radical (unpaired) electrons. The standard InChI is InChI=1S/C11H6BrClFNO/c12-8-2-1-5-15-11(8)16-10-4-3-7(14)6-9(10)13/h1-6H. The molecule has 2 nitrogen and oxygen atoms in total. The number of benzene rings is 1. The van der Waals surface area contributed by atoms with Crippen LogP contribution in [0.3, 0.4) is 0 Å². The van der Waals surface area contributed by atoms with Gasteiger partial charge in [-0.3, -0.25) is 0 Å². The van der Waals surface area contributed by atoms with Crippen molar-refractivity contribution in [2.45, 2.75) is 0 Å². The van der Waals surface area contributed by atoms with Gasteiger partial charge in [0.2, 0.25) is 5.88 Å². The normalized spacial score (nSPS) is 10.2. The second-order valence-electron chi connectivity index (χ2n) is 2.97. The van der Waals surface area contributed by atoms with Crippen molar-refractivity contribution in [2.24, 2.45) is 0 Å².